The van der Waals surface area contributed by atoms with Crippen LogP contribution in [0.2, 0.25) is 0 Å². The fourth-order valence-electron chi connectivity index (χ4n) is 0.638. The molecule has 0 fully saturated rings. The van der Waals surface area contributed by atoms with E-state index in [4.69, 9.17) is 11.6 Å². The van der Waals surface area contributed by atoms with Crippen LogP contribution < -0.4 is 0 Å². The molecule has 1 heterocycles. The molecular weight excluding hydrogens is 260 g/mol. The highest BCUT2D eigenvalue weighted by Crippen LogP contribution is 2.23. The van der Waals surface area contributed by atoms with Crippen LogP contribution in [0.3, 0.4) is 0 Å². The molecule has 1 aromatic heterocycles. The predicted molar refractivity (Wildman–Crippen MR) is 56.8 cm³/mol. The van der Waals surface area contributed by atoms with Gasteiger partial charge in [-0.3, -0.25) is 4.79 Å². The minimum absolute atomic E-state index is 0.0412. The fraction of sp³-hybridized carbons (Fsp3) is 0.125. The summed E-state index contributed by atoms with van der Waals surface area (Å²) in [6.07, 6.45) is 3.25. The normalized spacial score (nSPS) is 10.8. The van der Waals surface area contributed by atoms with Gasteiger partial charge in [0.25, 0.3) is 0 Å². The number of hydrogen-bond acceptors (Lipinski definition) is 2. The van der Waals surface area contributed by atoms with E-state index in [-0.39, 0.29) is 11.7 Å². The lowest BCUT2D eigenvalue weighted by atomic mass is 10.3. The van der Waals surface area contributed by atoms with Gasteiger partial charge in [0.05, 0.1) is 5.88 Å². The van der Waals surface area contributed by atoms with Crippen LogP contribution in [0.4, 0.5) is 0 Å². The second-order valence-electron chi connectivity index (χ2n) is 2.07. The number of allylic oxidation sites excluding steroid dienone is 1. The van der Waals surface area contributed by atoms with Crippen molar-refractivity contribution in [3.8, 4) is 0 Å². The van der Waals surface area contributed by atoms with E-state index in [1.54, 1.807) is 17.4 Å². The highest BCUT2D eigenvalue weighted by molar-refractivity contribution is 9.10. The number of alkyl halides is 1. The van der Waals surface area contributed by atoms with Crippen LogP contribution in [-0.4, -0.2) is 11.7 Å². The van der Waals surface area contributed by atoms with E-state index < -0.39 is 0 Å². The van der Waals surface area contributed by atoms with Crippen LogP contribution in [-0.2, 0) is 4.79 Å². The van der Waals surface area contributed by atoms with E-state index in [0.717, 1.165) is 9.35 Å². The van der Waals surface area contributed by atoms with Gasteiger partial charge < -0.3 is 0 Å². The van der Waals surface area contributed by atoms with Crippen molar-refractivity contribution in [1.82, 2.24) is 0 Å². The molecule has 1 rings (SSSR count). The zero-order valence-electron chi connectivity index (χ0n) is 6.09. The van der Waals surface area contributed by atoms with E-state index in [0.29, 0.717) is 0 Å². The quantitative estimate of drug-likeness (QED) is 0.605. The Hall–Kier alpha value is -0.120. The number of ketones is 1. The summed E-state index contributed by atoms with van der Waals surface area (Å²) in [5.74, 6) is -0.0311. The van der Waals surface area contributed by atoms with Crippen LogP contribution in [0.1, 0.15) is 4.88 Å². The topological polar surface area (TPSA) is 17.1 Å². The number of hydrogen-bond donors (Lipinski definition) is 0. The largest absolute Gasteiger partial charge is 0.294 e. The Morgan fingerprint density at radius 3 is 3.00 bits per heavy atom. The van der Waals surface area contributed by atoms with Gasteiger partial charge in [0.1, 0.15) is 0 Å². The molecule has 0 amide bonds. The first-order chi connectivity index (χ1) is 5.74. The number of rotatable bonds is 3. The van der Waals surface area contributed by atoms with Gasteiger partial charge in [-0.15, -0.1) is 22.9 Å². The van der Waals surface area contributed by atoms with E-state index in [9.17, 15) is 4.79 Å². The van der Waals surface area contributed by atoms with Crippen LogP contribution >= 0.6 is 38.9 Å². The number of carbonyl (C=O) groups is 1. The van der Waals surface area contributed by atoms with Crippen molar-refractivity contribution in [2.24, 2.45) is 0 Å². The second kappa shape index (κ2) is 4.80. The zero-order chi connectivity index (χ0) is 8.97. The summed E-state index contributed by atoms with van der Waals surface area (Å²) in [6, 6.07) is 1.94. The average molecular weight is 266 g/mol. The third-order valence-electron chi connectivity index (χ3n) is 1.20. The van der Waals surface area contributed by atoms with E-state index in [2.05, 4.69) is 15.9 Å². The Labute approximate surface area is 88.2 Å². The summed E-state index contributed by atoms with van der Waals surface area (Å²) >= 11 is 10.2. The molecule has 1 nitrogen and oxygen atoms in total. The zero-order valence-corrected chi connectivity index (χ0v) is 9.25. The maximum absolute atomic E-state index is 10.8. The van der Waals surface area contributed by atoms with Crippen molar-refractivity contribution in [2.45, 2.75) is 0 Å². The van der Waals surface area contributed by atoms with E-state index in [1.165, 1.54) is 6.08 Å². The Kier molecular flexibility index (Phi) is 3.98. The van der Waals surface area contributed by atoms with Gasteiger partial charge in [-0.25, -0.2) is 0 Å². The Morgan fingerprint density at radius 2 is 2.50 bits per heavy atom. The molecule has 0 saturated heterocycles. The van der Waals surface area contributed by atoms with Crippen LogP contribution in [0.15, 0.2) is 22.0 Å². The van der Waals surface area contributed by atoms with Gasteiger partial charge in [0.2, 0.25) is 0 Å². The molecule has 0 aliphatic carbocycles. The van der Waals surface area contributed by atoms with Crippen LogP contribution in [0, 0.1) is 0 Å². The van der Waals surface area contributed by atoms with Crippen LogP contribution in [0.25, 0.3) is 6.08 Å². The molecule has 0 unspecified atom stereocenters. The third-order valence-corrected chi connectivity index (χ3v) is 3.30. The first-order valence-corrected chi connectivity index (χ1v) is 5.44. The van der Waals surface area contributed by atoms with Gasteiger partial charge in [-0.1, -0.05) is 0 Å². The summed E-state index contributed by atoms with van der Waals surface area (Å²) in [5.41, 5.74) is 0. The molecule has 0 saturated carbocycles. The minimum Gasteiger partial charge on any atom is -0.294 e. The maximum atomic E-state index is 10.8. The molecule has 1 aromatic rings. The molecule has 64 valence electrons. The molecule has 0 aliphatic rings. The molecule has 12 heavy (non-hydrogen) atoms. The molecular formula is C8H6BrClOS. The molecule has 0 atom stereocenters. The van der Waals surface area contributed by atoms with E-state index >= 15 is 0 Å². The van der Waals surface area contributed by atoms with E-state index in [1.807, 2.05) is 11.4 Å². The smallest absolute Gasteiger partial charge is 0.170 e. The van der Waals surface area contributed by atoms with Gasteiger partial charge in [0, 0.05) is 9.35 Å². The predicted octanol–water partition coefficient (Wildman–Crippen LogP) is 3.33. The lowest BCUT2D eigenvalue weighted by molar-refractivity contribution is -0.112. The lowest BCUT2D eigenvalue weighted by Crippen LogP contribution is -1.91. The Balaban J connectivity index is 2.69. The minimum atomic E-state index is -0.0723. The molecule has 4 heteroatoms. The first-order valence-electron chi connectivity index (χ1n) is 3.24. The molecule has 0 aromatic carbocycles. The monoisotopic (exact) mass is 264 g/mol. The average Bonchev–Trinajstić information content (AvgIpc) is 2.47. The highest BCUT2D eigenvalue weighted by atomic mass is 79.9. The van der Waals surface area contributed by atoms with Crippen LogP contribution in [0.5, 0.6) is 0 Å². The van der Waals surface area contributed by atoms with Crippen molar-refractivity contribution < 1.29 is 4.79 Å². The third kappa shape index (κ3) is 2.73. The Morgan fingerprint density at radius 1 is 1.75 bits per heavy atom. The van der Waals surface area contributed by atoms with Crippen molar-refractivity contribution in [2.75, 3.05) is 5.88 Å². The van der Waals surface area contributed by atoms with Crippen molar-refractivity contribution >= 4 is 50.7 Å². The lowest BCUT2D eigenvalue weighted by Gasteiger charge is -1.86. The van der Waals surface area contributed by atoms with Crippen molar-refractivity contribution in [3.05, 3.63) is 26.9 Å². The molecule has 0 spiro atoms. The van der Waals surface area contributed by atoms with Crippen molar-refractivity contribution in [3.63, 3.8) is 0 Å². The van der Waals surface area contributed by atoms with Gasteiger partial charge in [0.15, 0.2) is 5.78 Å². The molecule has 0 aliphatic heterocycles. The summed E-state index contributed by atoms with van der Waals surface area (Å²) in [4.78, 5) is 11.8. The van der Waals surface area contributed by atoms with Gasteiger partial charge in [-0.05, 0) is 39.5 Å². The van der Waals surface area contributed by atoms with Crippen molar-refractivity contribution in [1.29, 1.82) is 0 Å². The molecule has 0 bridgehead atoms. The number of thiophene rings is 1. The second-order valence-corrected chi connectivity index (χ2v) is 4.14. The van der Waals surface area contributed by atoms with Gasteiger partial charge >= 0.3 is 0 Å². The SMILES string of the molecule is O=C(/C=C/c1sccc1Br)CCl. The standard InChI is InChI=1S/C8H6BrClOS/c9-7-3-4-12-8(7)2-1-6(11)5-10/h1-4H,5H2/b2-1+. The fourth-order valence-corrected chi connectivity index (χ4v) is 2.12. The number of carbonyl (C=O) groups excluding carboxylic acids is 1. The first kappa shape index (κ1) is 9.96. The summed E-state index contributed by atoms with van der Waals surface area (Å²) in [5, 5.41) is 1.95. The number of halogens is 2. The summed E-state index contributed by atoms with van der Waals surface area (Å²) in [7, 11) is 0. The summed E-state index contributed by atoms with van der Waals surface area (Å²) < 4.78 is 1.01. The van der Waals surface area contributed by atoms with Gasteiger partial charge in [-0.2, -0.15) is 0 Å². The molecule has 0 radical (unpaired) electrons. The summed E-state index contributed by atoms with van der Waals surface area (Å²) in [6.45, 7) is 0. The Bertz CT molecular complexity index is 306. The highest BCUT2D eigenvalue weighted by Gasteiger charge is 1.97. The maximum Gasteiger partial charge on any atom is 0.170 e. The molecule has 0 N–H and O–H groups in total.